The summed E-state index contributed by atoms with van der Waals surface area (Å²) in [6.07, 6.45) is 1.79. The molecule has 4 aliphatic heterocycles. The summed E-state index contributed by atoms with van der Waals surface area (Å²) in [6, 6.07) is 7.60. The molecule has 2 aromatic carbocycles. The molecule has 4 heterocycles. The number of hydrogen-bond donors (Lipinski definition) is 0. The quantitative estimate of drug-likeness (QED) is 0.323. The van der Waals surface area contributed by atoms with E-state index in [2.05, 4.69) is 13.8 Å². The number of epoxide rings is 2. The Balaban J connectivity index is 1.46. The fourth-order valence-electron chi connectivity index (χ4n) is 5.04. The number of aryl methyl sites for hydroxylation is 2. The summed E-state index contributed by atoms with van der Waals surface area (Å²) < 4.78 is 33.9. The number of esters is 2. The molecule has 2 atom stereocenters. The van der Waals surface area contributed by atoms with Crippen LogP contribution in [0.15, 0.2) is 24.3 Å². The molecule has 0 bridgehead atoms. The summed E-state index contributed by atoms with van der Waals surface area (Å²) >= 11 is 0. The van der Waals surface area contributed by atoms with Crippen molar-refractivity contribution in [1.82, 2.24) is 0 Å². The predicted molar refractivity (Wildman–Crippen MR) is 123 cm³/mol. The molecule has 1 spiro atoms. The van der Waals surface area contributed by atoms with Gasteiger partial charge in [-0.1, -0.05) is 13.8 Å². The van der Waals surface area contributed by atoms with Crippen LogP contribution in [0.1, 0.15) is 48.9 Å². The summed E-state index contributed by atoms with van der Waals surface area (Å²) in [6.45, 7) is 6.40. The Hall–Kier alpha value is -3.10. The van der Waals surface area contributed by atoms with Gasteiger partial charge in [0.05, 0.1) is 26.1 Å². The molecule has 0 N–H and O–H groups in total. The van der Waals surface area contributed by atoms with E-state index in [1.54, 1.807) is 12.1 Å². The number of ether oxygens (including phenoxy) is 6. The van der Waals surface area contributed by atoms with Crippen LogP contribution in [0.3, 0.4) is 0 Å². The van der Waals surface area contributed by atoms with E-state index in [4.69, 9.17) is 28.4 Å². The Morgan fingerprint density at radius 1 is 0.771 bits per heavy atom. The maximum atomic E-state index is 12.9. The Bertz CT molecular complexity index is 1100. The van der Waals surface area contributed by atoms with Gasteiger partial charge in [0.1, 0.15) is 48.4 Å². The smallest absolute Gasteiger partial charge is 0.312 e. The summed E-state index contributed by atoms with van der Waals surface area (Å²) in [5.74, 6) is 1.42. The molecule has 2 unspecified atom stereocenters. The maximum Gasteiger partial charge on any atom is 0.312 e. The first-order chi connectivity index (χ1) is 17.0. The zero-order valence-electron chi connectivity index (χ0n) is 19.9. The Labute approximate surface area is 203 Å². The lowest BCUT2D eigenvalue weighted by Crippen LogP contribution is -2.43. The van der Waals surface area contributed by atoms with Crippen LogP contribution in [0, 0.1) is 0 Å². The van der Waals surface area contributed by atoms with Crippen molar-refractivity contribution in [2.75, 3.05) is 26.4 Å². The number of rotatable bonds is 8. The van der Waals surface area contributed by atoms with Gasteiger partial charge in [-0.3, -0.25) is 9.59 Å². The molecule has 2 fully saturated rings. The fraction of sp³-hybridized carbons (Fsp3) is 0.481. The third-order valence-electron chi connectivity index (χ3n) is 7.11. The number of hydrogen-bond acceptors (Lipinski definition) is 8. The summed E-state index contributed by atoms with van der Waals surface area (Å²) in [7, 11) is 0. The predicted octanol–water partition coefficient (Wildman–Crippen LogP) is 3.27. The fourth-order valence-corrected chi connectivity index (χ4v) is 5.04. The minimum Gasteiger partial charge on any atom is -0.490 e. The molecule has 0 aliphatic carbocycles. The third-order valence-corrected chi connectivity index (χ3v) is 7.11. The number of carbonyl (C=O) groups excluding carboxylic acids is 2. The van der Waals surface area contributed by atoms with Gasteiger partial charge < -0.3 is 28.4 Å². The molecule has 0 radical (unpaired) electrons. The molecule has 35 heavy (non-hydrogen) atoms. The average molecular weight is 481 g/mol. The second-order valence-electron chi connectivity index (χ2n) is 9.54. The summed E-state index contributed by atoms with van der Waals surface area (Å²) in [5.41, 5.74) is 2.72. The highest BCUT2D eigenvalue weighted by Gasteiger charge is 2.50. The van der Waals surface area contributed by atoms with E-state index < -0.39 is 5.41 Å². The minimum atomic E-state index is -0.876. The van der Waals surface area contributed by atoms with Gasteiger partial charge in [0, 0.05) is 28.7 Å². The second kappa shape index (κ2) is 8.53. The van der Waals surface area contributed by atoms with Crippen LogP contribution in [0.25, 0.3) is 0 Å². The van der Waals surface area contributed by atoms with Gasteiger partial charge in [-0.05, 0) is 36.1 Å². The van der Waals surface area contributed by atoms with Gasteiger partial charge >= 0.3 is 11.9 Å². The van der Waals surface area contributed by atoms with E-state index in [1.165, 1.54) is 0 Å². The first-order valence-corrected chi connectivity index (χ1v) is 12.2. The van der Waals surface area contributed by atoms with E-state index in [1.807, 2.05) is 12.1 Å². The van der Waals surface area contributed by atoms with Crippen molar-refractivity contribution in [3.05, 3.63) is 46.5 Å². The molecule has 0 amide bonds. The molecule has 8 heteroatoms. The van der Waals surface area contributed by atoms with E-state index in [0.717, 1.165) is 35.1 Å². The lowest BCUT2D eigenvalue weighted by molar-refractivity contribution is -0.140. The van der Waals surface area contributed by atoms with Gasteiger partial charge in [-0.15, -0.1) is 0 Å². The Morgan fingerprint density at radius 2 is 1.20 bits per heavy atom. The first kappa shape index (κ1) is 22.4. The SMILES string of the molecule is CCc1cc2c(cc1OCC1CO1)OC(=O)CC21CC(=O)Oc2cc(OCC3CO3)c(CC)cc21. The highest BCUT2D eigenvalue weighted by molar-refractivity contribution is 5.87. The lowest BCUT2D eigenvalue weighted by Gasteiger charge is -2.41. The van der Waals surface area contributed by atoms with Crippen LogP contribution in [-0.4, -0.2) is 50.6 Å². The molecule has 0 aromatic heterocycles. The number of fused-ring (bicyclic) bond motifs is 4. The molecule has 0 saturated carbocycles. The van der Waals surface area contributed by atoms with Gasteiger partial charge in [0.25, 0.3) is 0 Å². The molecule has 4 aliphatic rings. The van der Waals surface area contributed by atoms with E-state index in [-0.39, 0.29) is 37.0 Å². The van der Waals surface area contributed by atoms with Crippen LogP contribution < -0.4 is 18.9 Å². The average Bonchev–Trinajstić information content (AvgIpc) is 3.75. The normalized spacial score (nSPS) is 25.9. The zero-order valence-corrected chi connectivity index (χ0v) is 19.9. The van der Waals surface area contributed by atoms with Crippen molar-refractivity contribution in [1.29, 1.82) is 0 Å². The molecule has 8 nitrogen and oxygen atoms in total. The van der Waals surface area contributed by atoms with Crippen LogP contribution in [0.4, 0.5) is 0 Å². The first-order valence-electron chi connectivity index (χ1n) is 12.2. The van der Waals surface area contributed by atoms with Gasteiger partial charge in [-0.25, -0.2) is 0 Å². The Kier molecular flexibility index (Phi) is 5.45. The summed E-state index contributed by atoms with van der Waals surface area (Å²) in [5, 5.41) is 0. The molecule has 184 valence electrons. The van der Waals surface area contributed by atoms with Crippen LogP contribution in [0.2, 0.25) is 0 Å². The minimum absolute atomic E-state index is 0.0562. The molecule has 6 rings (SSSR count). The van der Waals surface area contributed by atoms with Gasteiger partial charge in [0.2, 0.25) is 0 Å². The van der Waals surface area contributed by atoms with Crippen LogP contribution in [0.5, 0.6) is 23.0 Å². The summed E-state index contributed by atoms with van der Waals surface area (Å²) in [4.78, 5) is 25.8. The highest BCUT2D eigenvalue weighted by Crippen LogP contribution is 2.54. The lowest BCUT2D eigenvalue weighted by atomic mass is 9.66. The number of carbonyl (C=O) groups is 2. The van der Waals surface area contributed by atoms with Crippen LogP contribution in [-0.2, 0) is 37.3 Å². The van der Waals surface area contributed by atoms with Crippen molar-refractivity contribution in [3.8, 4) is 23.0 Å². The monoisotopic (exact) mass is 480 g/mol. The van der Waals surface area contributed by atoms with Crippen molar-refractivity contribution >= 4 is 11.9 Å². The Morgan fingerprint density at radius 3 is 1.57 bits per heavy atom. The van der Waals surface area contributed by atoms with Gasteiger partial charge in [-0.2, -0.15) is 0 Å². The standard InChI is InChI=1S/C27H28O8/c1-3-15-5-19-23(7-21(15)32-13-17-11-30-17)34-25(28)9-27(19)10-26(29)35-24-8-22(33-14-18-12-31-18)16(4-2)6-20(24)27/h5-8,17-18H,3-4,9-14H2,1-2H3. The topological polar surface area (TPSA) is 96.1 Å². The van der Waals surface area contributed by atoms with Crippen LogP contribution >= 0.6 is 0 Å². The maximum absolute atomic E-state index is 12.9. The highest BCUT2D eigenvalue weighted by atomic mass is 16.6. The van der Waals surface area contributed by atoms with Crippen molar-refractivity contribution in [2.24, 2.45) is 0 Å². The molecular formula is C27H28O8. The number of benzene rings is 2. The molecule has 2 aromatic rings. The molecule has 2 saturated heterocycles. The largest absolute Gasteiger partial charge is 0.490 e. The van der Waals surface area contributed by atoms with Gasteiger partial charge in [0.15, 0.2) is 0 Å². The zero-order chi connectivity index (χ0) is 24.2. The van der Waals surface area contributed by atoms with Crippen molar-refractivity contribution in [2.45, 2.75) is 57.2 Å². The van der Waals surface area contributed by atoms with E-state index in [0.29, 0.717) is 49.4 Å². The van der Waals surface area contributed by atoms with Crippen molar-refractivity contribution < 1.29 is 38.0 Å². The second-order valence-corrected chi connectivity index (χ2v) is 9.54. The van der Waals surface area contributed by atoms with E-state index >= 15 is 0 Å². The third kappa shape index (κ3) is 4.15. The molecular weight excluding hydrogens is 452 g/mol. The van der Waals surface area contributed by atoms with Crippen molar-refractivity contribution in [3.63, 3.8) is 0 Å². The van der Waals surface area contributed by atoms with E-state index in [9.17, 15) is 9.59 Å².